The Morgan fingerprint density at radius 2 is 1.12 bits per heavy atom. The quantitative estimate of drug-likeness (QED) is 0.147. The van der Waals surface area contributed by atoms with Gasteiger partial charge in [-0.15, -0.1) is 0 Å². The van der Waals surface area contributed by atoms with Crippen LogP contribution in [0.1, 0.15) is 31.4 Å². The molecule has 228 valence electrons. The van der Waals surface area contributed by atoms with Gasteiger partial charge in [-0.3, -0.25) is 0 Å². The maximum atomic E-state index is 13.5. The summed E-state index contributed by atoms with van der Waals surface area (Å²) >= 11 is 0. The fraction of sp³-hybridized carbons (Fsp3) is 0.314. The van der Waals surface area contributed by atoms with Gasteiger partial charge < -0.3 is 24.1 Å². The molecule has 1 atom stereocenters. The second-order valence-corrected chi connectivity index (χ2v) is 12.4. The van der Waals surface area contributed by atoms with E-state index in [1.165, 1.54) is 0 Å². The maximum absolute atomic E-state index is 13.5. The number of hydrogen-bond donors (Lipinski definition) is 1. The third-order valence-corrected chi connectivity index (χ3v) is 9.19. The molecule has 1 N–H and O–H groups in total. The summed E-state index contributed by atoms with van der Waals surface area (Å²) in [5.74, 6) is 1.93. The molecular formula is C35H40O7S. The fourth-order valence-electron chi connectivity index (χ4n) is 4.67. The van der Waals surface area contributed by atoms with Gasteiger partial charge in [0.2, 0.25) is 9.84 Å². The summed E-state index contributed by atoms with van der Waals surface area (Å²) in [5, 5.41) is 9.00. The van der Waals surface area contributed by atoms with Crippen LogP contribution < -0.4 is 9.47 Å². The van der Waals surface area contributed by atoms with E-state index in [1.807, 2.05) is 48.5 Å². The summed E-state index contributed by atoms with van der Waals surface area (Å²) in [6, 6.07) is 25.4. The van der Waals surface area contributed by atoms with Crippen molar-refractivity contribution in [3.8, 4) is 33.8 Å². The highest BCUT2D eigenvalue weighted by atomic mass is 32.2. The summed E-state index contributed by atoms with van der Waals surface area (Å²) in [6.07, 6.45) is 1.06. The van der Waals surface area contributed by atoms with E-state index in [2.05, 4.69) is 13.8 Å². The number of aliphatic hydroxyl groups excluding tert-OH is 1. The van der Waals surface area contributed by atoms with Gasteiger partial charge in [0.1, 0.15) is 11.5 Å². The molecule has 0 aliphatic heterocycles. The van der Waals surface area contributed by atoms with E-state index in [4.69, 9.17) is 24.1 Å². The van der Waals surface area contributed by atoms with Crippen molar-refractivity contribution in [3.05, 3.63) is 96.1 Å². The summed E-state index contributed by atoms with van der Waals surface area (Å²) in [7, 11) is -0.480. The number of hydrogen-bond acceptors (Lipinski definition) is 7. The topological polar surface area (TPSA) is 91.3 Å². The molecule has 0 saturated heterocycles. The highest BCUT2D eigenvalue weighted by Gasteiger charge is 2.18. The Labute approximate surface area is 254 Å². The number of rotatable bonds is 15. The van der Waals surface area contributed by atoms with Crippen LogP contribution in [0.4, 0.5) is 0 Å². The van der Waals surface area contributed by atoms with E-state index >= 15 is 0 Å². The molecule has 4 aromatic rings. The van der Waals surface area contributed by atoms with E-state index in [1.54, 1.807) is 50.6 Å². The van der Waals surface area contributed by atoms with Gasteiger partial charge in [0.25, 0.3) is 0 Å². The molecule has 0 heterocycles. The first kappa shape index (κ1) is 32.2. The number of methoxy groups -OCH3 is 2. The predicted octanol–water partition coefficient (Wildman–Crippen LogP) is 6.94. The van der Waals surface area contributed by atoms with Gasteiger partial charge in [0.05, 0.1) is 50.4 Å². The van der Waals surface area contributed by atoms with Gasteiger partial charge >= 0.3 is 0 Å². The zero-order valence-electron chi connectivity index (χ0n) is 25.2. The lowest BCUT2D eigenvalue weighted by Gasteiger charge is -2.14. The van der Waals surface area contributed by atoms with Gasteiger partial charge in [-0.2, -0.15) is 0 Å². The van der Waals surface area contributed by atoms with Crippen LogP contribution >= 0.6 is 0 Å². The molecule has 8 heteroatoms. The first-order chi connectivity index (χ1) is 20.8. The molecule has 0 spiro atoms. The molecule has 0 amide bonds. The van der Waals surface area contributed by atoms with Gasteiger partial charge in [-0.25, -0.2) is 8.42 Å². The second kappa shape index (κ2) is 15.2. The minimum atomic E-state index is -3.72. The average Bonchev–Trinajstić information content (AvgIpc) is 3.04. The molecule has 0 aromatic heterocycles. The normalized spacial score (nSPS) is 12.2. The molecule has 0 bridgehead atoms. The highest BCUT2D eigenvalue weighted by Crippen LogP contribution is 2.31. The van der Waals surface area contributed by atoms with Crippen LogP contribution in [0.2, 0.25) is 0 Å². The molecule has 0 fully saturated rings. The van der Waals surface area contributed by atoms with E-state index < -0.39 is 9.84 Å². The Kier molecular flexibility index (Phi) is 11.4. The van der Waals surface area contributed by atoms with Crippen molar-refractivity contribution in [2.24, 2.45) is 5.92 Å². The van der Waals surface area contributed by atoms with Crippen LogP contribution in [0, 0.1) is 5.92 Å². The monoisotopic (exact) mass is 604 g/mol. The molecule has 7 nitrogen and oxygen atoms in total. The molecule has 43 heavy (non-hydrogen) atoms. The zero-order chi connectivity index (χ0) is 30.8. The van der Waals surface area contributed by atoms with E-state index in [9.17, 15) is 8.42 Å². The van der Waals surface area contributed by atoms with Crippen LogP contribution in [0.3, 0.4) is 0 Å². The summed E-state index contributed by atoms with van der Waals surface area (Å²) in [5.41, 5.74) is 5.41. The molecular weight excluding hydrogens is 564 g/mol. The first-order valence-electron chi connectivity index (χ1n) is 14.4. The van der Waals surface area contributed by atoms with Crippen LogP contribution in [0.25, 0.3) is 22.3 Å². The lowest BCUT2D eigenvalue weighted by Crippen LogP contribution is -2.05. The third-order valence-electron chi connectivity index (χ3n) is 7.41. The molecule has 0 radical (unpaired) electrons. The van der Waals surface area contributed by atoms with Crippen molar-refractivity contribution in [1.29, 1.82) is 0 Å². The van der Waals surface area contributed by atoms with Crippen molar-refractivity contribution in [3.63, 3.8) is 0 Å². The number of sulfone groups is 1. The van der Waals surface area contributed by atoms with Gasteiger partial charge in [0, 0.05) is 17.7 Å². The molecule has 0 saturated carbocycles. The third kappa shape index (κ3) is 8.03. The minimum absolute atomic E-state index is 0.0584. The predicted molar refractivity (Wildman–Crippen MR) is 168 cm³/mol. The van der Waals surface area contributed by atoms with Crippen molar-refractivity contribution >= 4 is 9.84 Å². The molecule has 4 rings (SSSR count). The minimum Gasteiger partial charge on any atom is -0.496 e. The van der Waals surface area contributed by atoms with E-state index in [-0.39, 0.29) is 23.0 Å². The van der Waals surface area contributed by atoms with Crippen molar-refractivity contribution in [1.82, 2.24) is 0 Å². The standard InChI is InChI=1S/C35H40O7S/c1-5-25(2)22-42-24-31-21-29(11-17-35(31)40-4)27-8-14-33(15-9-27)43(37,38)32-12-6-26(7-13-32)28-10-16-34(39-3)30(20-28)23-41-19-18-36/h6-17,20-21,25,36H,5,18-19,22-24H2,1-4H3. The van der Waals surface area contributed by atoms with Crippen LogP contribution in [0.5, 0.6) is 11.5 Å². The Hall–Kier alpha value is -3.69. The highest BCUT2D eigenvalue weighted by molar-refractivity contribution is 7.91. The largest absolute Gasteiger partial charge is 0.496 e. The van der Waals surface area contributed by atoms with E-state index in [0.29, 0.717) is 31.5 Å². The van der Waals surface area contributed by atoms with Crippen LogP contribution in [-0.4, -0.2) is 47.6 Å². The fourth-order valence-corrected chi connectivity index (χ4v) is 5.93. The summed E-state index contributed by atoms with van der Waals surface area (Å²) < 4.78 is 49.3. The number of aliphatic hydroxyl groups is 1. The van der Waals surface area contributed by atoms with Gasteiger partial charge in [-0.05, 0) is 76.7 Å². The Balaban J connectivity index is 1.51. The number of ether oxygens (including phenoxy) is 4. The summed E-state index contributed by atoms with van der Waals surface area (Å²) in [6.45, 7) is 5.90. The smallest absolute Gasteiger partial charge is 0.206 e. The lowest BCUT2D eigenvalue weighted by atomic mass is 10.0. The van der Waals surface area contributed by atoms with Gasteiger partial charge in [-0.1, -0.05) is 56.7 Å². The first-order valence-corrected chi connectivity index (χ1v) is 15.8. The number of benzene rings is 4. The maximum Gasteiger partial charge on any atom is 0.206 e. The van der Waals surface area contributed by atoms with Crippen LogP contribution in [-0.2, 0) is 32.5 Å². The SMILES string of the molecule is CCC(C)COCc1cc(-c2ccc(S(=O)(=O)c3ccc(-c4ccc(OC)c(COCCO)c4)cc3)cc2)ccc1OC. The Morgan fingerprint density at radius 3 is 1.53 bits per heavy atom. The Morgan fingerprint density at radius 1 is 0.674 bits per heavy atom. The second-order valence-electron chi connectivity index (χ2n) is 10.4. The molecule has 0 aliphatic rings. The molecule has 0 aliphatic carbocycles. The Bertz CT molecular complexity index is 1580. The van der Waals surface area contributed by atoms with Crippen molar-refractivity contribution < 1.29 is 32.5 Å². The van der Waals surface area contributed by atoms with Gasteiger partial charge in [0.15, 0.2) is 0 Å². The molecule has 4 aromatic carbocycles. The lowest BCUT2D eigenvalue weighted by molar-refractivity contribution is 0.0804. The van der Waals surface area contributed by atoms with Crippen LogP contribution in [0.15, 0.2) is 94.7 Å². The summed E-state index contributed by atoms with van der Waals surface area (Å²) in [4.78, 5) is 0.441. The van der Waals surface area contributed by atoms with Crippen molar-refractivity contribution in [2.75, 3.05) is 34.0 Å². The van der Waals surface area contributed by atoms with Crippen molar-refractivity contribution in [2.45, 2.75) is 43.3 Å². The zero-order valence-corrected chi connectivity index (χ0v) is 26.0. The average molecular weight is 605 g/mol. The van der Waals surface area contributed by atoms with E-state index in [0.717, 1.165) is 45.6 Å². The molecule has 1 unspecified atom stereocenters.